The van der Waals surface area contributed by atoms with Gasteiger partial charge in [-0.05, 0) is 32.7 Å². The molecule has 0 radical (unpaired) electrons. The van der Waals surface area contributed by atoms with Crippen LogP contribution in [-0.4, -0.2) is 63.5 Å². The van der Waals surface area contributed by atoms with Crippen molar-refractivity contribution in [2.24, 2.45) is 0 Å². The van der Waals surface area contributed by atoms with Crippen molar-refractivity contribution in [1.82, 2.24) is 10.2 Å². The van der Waals surface area contributed by atoms with E-state index in [4.69, 9.17) is 9.47 Å². The smallest absolute Gasteiger partial charge is 0.0597 e. The molecule has 0 unspecified atom stereocenters. The molecule has 17 heavy (non-hydrogen) atoms. The van der Waals surface area contributed by atoms with Crippen molar-refractivity contribution in [3.05, 3.63) is 0 Å². The molecule has 1 N–H and O–H groups in total. The molecule has 0 bridgehead atoms. The van der Waals surface area contributed by atoms with Gasteiger partial charge >= 0.3 is 0 Å². The van der Waals surface area contributed by atoms with E-state index in [9.17, 15) is 0 Å². The Morgan fingerprint density at radius 2 is 1.88 bits per heavy atom. The van der Waals surface area contributed by atoms with Crippen molar-refractivity contribution in [2.75, 3.05) is 46.5 Å². The van der Waals surface area contributed by atoms with Crippen LogP contribution >= 0.6 is 0 Å². The molecule has 0 spiro atoms. The number of ether oxygens (including phenoxy) is 2. The highest BCUT2D eigenvalue weighted by Gasteiger charge is 2.20. The first-order chi connectivity index (χ1) is 8.38. The lowest BCUT2D eigenvalue weighted by Crippen LogP contribution is -2.39. The number of hydrogen-bond donors (Lipinski definition) is 1. The van der Waals surface area contributed by atoms with E-state index in [1.807, 2.05) is 0 Å². The Morgan fingerprint density at radius 1 is 1.18 bits per heavy atom. The molecule has 100 valence electrons. The quantitative estimate of drug-likeness (QED) is 0.775. The van der Waals surface area contributed by atoms with Crippen molar-refractivity contribution < 1.29 is 9.47 Å². The summed E-state index contributed by atoms with van der Waals surface area (Å²) in [5, 5.41) is 3.35. The molecule has 1 heterocycles. The Labute approximate surface area is 105 Å². The number of morpholine rings is 1. The van der Waals surface area contributed by atoms with Gasteiger partial charge in [0.1, 0.15) is 0 Å². The molecular weight excluding hydrogens is 216 g/mol. The van der Waals surface area contributed by atoms with Gasteiger partial charge in [-0.25, -0.2) is 0 Å². The molecule has 2 aliphatic rings. The number of nitrogens with zero attached hydrogens (tertiary/aromatic N) is 1. The zero-order valence-corrected chi connectivity index (χ0v) is 11.0. The number of rotatable bonds is 5. The predicted molar refractivity (Wildman–Crippen MR) is 68.3 cm³/mol. The second kappa shape index (κ2) is 7.31. The molecule has 2 rings (SSSR count). The van der Waals surface area contributed by atoms with E-state index in [1.165, 1.54) is 25.7 Å². The SMILES string of the molecule is CNC1CCC(OCCN2CCOCC2)CC1. The molecule has 0 atom stereocenters. The minimum atomic E-state index is 0.501. The summed E-state index contributed by atoms with van der Waals surface area (Å²) in [4.78, 5) is 2.43. The van der Waals surface area contributed by atoms with Crippen LogP contribution in [-0.2, 0) is 9.47 Å². The topological polar surface area (TPSA) is 33.7 Å². The Kier molecular flexibility index (Phi) is 5.71. The van der Waals surface area contributed by atoms with E-state index in [0.29, 0.717) is 12.1 Å². The van der Waals surface area contributed by atoms with E-state index < -0.39 is 0 Å². The maximum Gasteiger partial charge on any atom is 0.0597 e. The van der Waals surface area contributed by atoms with Gasteiger partial charge in [0.25, 0.3) is 0 Å². The van der Waals surface area contributed by atoms with Crippen LogP contribution in [0.4, 0.5) is 0 Å². The third kappa shape index (κ3) is 4.54. The molecule has 4 heteroatoms. The lowest BCUT2D eigenvalue weighted by Gasteiger charge is -2.30. The average Bonchev–Trinajstić information content (AvgIpc) is 2.41. The summed E-state index contributed by atoms with van der Waals surface area (Å²) in [6.07, 6.45) is 5.46. The summed E-state index contributed by atoms with van der Waals surface area (Å²) in [6.45, 7) is 5.84. The second-order valence-electron chi connectivity index (χ2n) is 5.09. The van der Waals surface area contributed by atoms with Crippen molar-refractivity contribution in [2.45, 2.75) is 37.8 Å². The first-order valence-corrected chi connectivity index (χ1v) is 6.97. The van der Waals surface area contributed by atoms with Crippen LogP contribution < -0.4 is 5.32 Å². The van der Waals surface area contributed by atoms with Crippen LogP contribution in [0.25, 0.3) is 0 Å². The summed E-state index contributed by atoms with van der Waals surface area (Å²) < 4.78 is 11.3. The molecule has 1 aliphatic carbocycles. The first kappa shape index (κ1) is 13.3. The lowest BCUT2D eigenvalue weighted by atomic mass is 9.93. The summed E-state index contributed by atoms with van der Waals surface area (Å²) in [5.41, 5.74) is 0. The zero-order valence-electron chi connectivity index (χ0n) is 11.0. The molecule has 2 fully saturated rings. The van der Waals surface area contributed by atoms with E-state index in [2.05, 4.69) is 17.3 Å². The molecule has 1 saturated carbocycles. The Hall–Kier alpha value is -0.160. The third-order valence-electron chi connectivity index (χ3n) is 3.95. The van der Waals surface area contributed by atoms with Crippen molar-refractivity contribution in [1.29, 1.82) is 0 Å². The van der Waals surface area contributed by atoms with Gasteiger partial charge in [0.05, 0.1) is 25.9 Å². The minimum absolute atomic E-state index is 0.501. The van der Waals surface area contributed by atoms with E-state index in [0.717, 1.165) is 39.5 Å². The van der Waals surface area contributed by atoms with Crippen molar-refractivity contribution in [3.63, 3.8) is 0 Å². The van der Waals surface area contributed by atoms with Crippen molar-refractivity contribution >= 4 is 0 Å². The summed E-state index contributed by atoms with van der Waals surface area (Å²) in [7, 11) is 2.06. The highest BCUT2D eigenvalue weighted by Crippen LogP contribution is 2.20. The van der Waals surface area contributed by atoms with Crippen LogP contribution in [0.3, 0.4) is 0 Å². The van der Waals surface area contributed by atoms with Gasteiger partial charge in [-0.15, -0.1) is 0 Å². The third-order valence-corrected chi connectivity index (χ3v) is 3.95. The molecule has 0 aromatic heterocycles. The average molecular weight is 242 g/mol. The molecule has 0 amide bonds. The van der Waals surface area contributed by atoms with E-state index in [1.54, 1.807) is 0 Å². The van der Waals surface area contributed by atoms with Crippen molar-refractivity contribution in [3.8, 4) is 0 Å². The van der Waals surface area contributed by atoms with Gasteiger partial charge in [-0.3, -0.25) is 4.90 Å². The van der Waals surface area contributed by atoms with Gasteiger partial charge in [-0.1, -0.05) is 0 Å². The van der Waals surface area contributed by atoms with E-state index >= 15 is 0 Å². The molecule has 1 aliphatic heterocycles. The maximum atomic E-state index is 5.97. The van der Waals surface area contributed by atoms with Crippen LogP contribution in [0.5, 0.6) is 0 Å². The fourth-order valence-electron chi connectivity index (χ4n) is 2.69. The number of nitrogens with one attached hydrogen (secondary N) is 1. The van der Waals surface area contributed by atoms with Crippen LogP contribution in [0.2, 0.25) is 0 Å². The Bertz CT molecular complexity index is 200. The van der Waals surface area contributed by atoms with Crippen LogP contribution in [0, 0.1) is 0 Å². The molecule has 0 aromatic rings. The standard InChI is InChI=1S/C13H26N2O2/c1-14-12-2-4-13(5-3-12)17-11-8-15-6-9-16-10-7-15/h12-14H,2-11H2,1H3. The zero-order chi connectivity index (χ0) is 11.9. The van der Waals surface area contributed by atoms with E-state index in [-0.39, 0.29) is 0 Å². The summed E-state index contributed by atoms with van der Waals surface area (Å²) >= 11 is 0. The summed E-state index contributed by atoms with van der Waals surface area (Å²) in [5.74, 6) is 0. The van der Waals surface area contributed by atoms with Crippen LogP contribution in [0.15, 0.2) is 0 Å². The first-order valence-electron chi connectivity index (χ1n) is 6.97. The maximum absolute atomic E-state index is 5.97. The van der Waals surface area contributed by atoms with Gasteiger partial charge < -0.3 is 14.8 Å². The second-order valence-corrected chi connectivity index (χ2v) is 5.09. The normalized spacial score (nSPS) is 31.6. The fourth-order valence-corrected chi connectivity index (χ4v) is 2.69. The Balaban J connectivity index is 1.53. The molecule has 0 aromatic carbocycles. The van der Waals surface area contributed by atoms with Gasteiger partial charge in [0.15, 0.2) is 0 Å². The van der Waals surface area contributed by atoms with Gasteiger partial charge in [-0.2, -0.15) is 0 Å². The molecule has 4 nitrogen and oxygen atoms in total. The van der Waals surface area contributed by atoms with Gasteiger partial charge in [0.2, 0.25) is 0 Å². The highest BCUT2D eigenvalue weighted by molar-refractivity contribution is 4.76. The fraction of sp³-hybridized carbons (Fsp3) is 1.00. The number of hydrogen-bond acceptors (Lipinski definition) is 4. The Morgan fingerprint density at radius 3 is 2.53 bits per heavy atom. The molecular formula is C13H26N2O2. The lowest BCUT2D eigenvalue weighted by molar-refractivity contribution is -0.0107. The largest absolute Gasteiger partial charge is 0.379 e. The highest BCUT2D eigenvalue weighted by atomic mass is 16.5. The molecule has 1 saturated heterocycles. The van der Waals surface area contributed by atoms with Gasteiger partial charge in [0, 0.05) is 25.7 Å². The predicted octanol–water partition coefficient (Wildman–Crippen LogP) is 0.866. The minimum Gasteiger partial charge on any atom is -0.379 e. The van der Waals surface area contributed by atoms with Crippen LogP contribution in [0.1, 0.15) is 25.7 Å². The monoisotopic (exact) mass is 242 g/mol. The summed E-state index contributed by atoms with van der Waals surface area (Å²) in [6, 6.07) is 0.717.